The zero-order chi connectivity index (χ0) is 66.4. The van der Waals surface area contributed by atoms with Gasteiger partial charge in [-0.05, 0) is 25.7 Å². The summed E-state index contributed by atoms with van der Waals surface area (Å²) < 4.78 is 29.3. The molecule has 0 aliphatic carbocycles. The van der Waals surface area contributed by atoms with Gasteiger partial charge < -0.3 is 64.5 Å². The van der Waals surface area contributed by atoms with Gasteiger partial charge in [0.1, 0.15) is 62.0 Å². The van der Waals surface area contributed by atoms with Crippen molar-refractivity contribution in [3.8, 4) is 0 Å². The number of hydrogen-bond acceptors (Lipinski definition) is 15. The van der Waals surface area contributed by atoms with Gasteiger partial charge in [0.15, 0.2) is 12.6 Å². The summed E-state index contributed by atoms with van der Waals surface area (Å²) >= 11 is 0. The third kappa shape index (κ3) is 41.4. The monoisotopic (exact) mass is 1300 g/mol. The van der Waals surface area contributed by atoms with E-state index in [1.165, 1.54) is 218 Å². The van der Waals surface area contributed by atoms with E-state index in [4.69, 9.17) is 23.7 Å². The third-order valence-corrected chi connectivity index (χ3v) is 19.9. The van der Waals surface area contributed by atoms with Gasteiger partial charge in [0.25, 0.3) is 0 Å². The van der Waals surface area contributed by atoms with Gasteiger partial charge in [-0.2, -0.15) is 0 Å². The van der Waals surface area contributed by atoms with E-state index < -0.39 is 111 Å². The molecule has 0 aromatic rings. The van der Waals surface area contributed by atoms with Gasteiger partial charge in [0, 0.05) is 0 Å². The van der Waals surface area contributed by atoms with Crippen LogP contribution in [0.4, 0.5) is 0 Å². The van der Waals surface area contributed by atoms with Crippen molar-refractivity contribution in [1.29, 1.82) is 0 Å². The smallest absolute Gasteiger partial charge is 0.311 e. The van der Waals surface area contributed by atoms with Gasteiger partial charge >= 0.3 is 11.9 Å². The fourth-order valence-corrected chi connectivity index (χ4v) is 13.5. The van der Waals surface area contributed by atoms with E-state index in [9.17, 15) is 50.4 Å². The zero-order valence-corrected chi connectivity index (χ0v) is 59.1. The maximum Gasteiger partial charge on any atom is 0.311 e. The van der Waals surface area contributed by atoms with Crippen LogP contribution in [-0.4, -0.2) is 140 Å². The Hall–Kier alpha value is -1.50. The summed E-state index contributed by atoms with van der Waals surface area (Å²) in [5.74, 6) is -2.93. The number of aliphatic hydroxyl groups is 8. The van der Waals surface area contributed by atoms with Crippen LogP contribution < -0.4 is 0 Å². The lowest BCUT2D eigenvalue weighted by Crippen LogP contribution is -2.64. The van der Waals surface area contributed by atoms with Crippen molar-refractivity contribution in [2.45, 2.75) is 448 Å². The van der Waals surface area contributed by atoms with Gasteiger partial charge in [0.05, 0.1) is 24.0 Å². The zero-order valence-electron chi connectivity index (χ0n) is 59.1. The average Bonchev–Trinajstić information content (AvgIpc) is 1.06. The minimum Gasteiger partial charge on any atom is -0.463 e. The first-order valence-corrected chi connectivity index (χ1v) is 39.1. The summed E-state index contributed by atoms with van der Waals surface area (Å²) in [6.45, 7) is 7.86. The second-order valence-corrected chi connectivity index (χ2v) is 28.2. The standard InChI is InChI=1S/C76H146O15/c1-5-9-13-17-21-25-29-33-37-41-45-49-53-57-63(77)61(55-51-47-43-39-35-31-27-23-19-15-11-7-3)73(85)87-59-65-67(79)69(81)71(83)75(89-65)91-76-72(84)70(82)68(80)66(90-76)60-88-74(86)62(56-52-48-44-40-36-32-28-24-20-16-12-8-4)64(78)58-54-50-46-42-38-34-30-26-22-18-14-10-6-2/h61-72,75-84H,5-60H2,1-4H3/t61-,62-,63-,64-,65+,66+,67+,68+,69-,70-,71+,72+,75+,76+/m0/s1. The van der Waals surface area contributed by atoms with Crippen LogP contribution in [0.25, 0.3) is 0 Å². The molecule has 0 aromatic heterocycles. The molecule has 0 aromatic carbocycles. The largest absolute Gasteiger partial charge is 0.463 e. The van der Waals surface area contributed by atoms with E-state index in [1.807, 2.05) is 0 Å². The first kappa shape index (κ1) is 85.6. The van der Waals surface area contributed by atoms with Crippen LogP contribution in [0.1, 0.15) is 374 Å². The summed E-state index contributed by atoms with van der Waals surface area (Å²) in [7, 11) is 0. The van der Waals surface area contributed by atoms with Crippen molar-refractivity contribution in [3.05, 3.63) is 0 Å². The van der Waals surface area contributed by atoms with Crippen molar-refractivity contribution in [1.82, 2.24) is 0 Å². The quantitative estimate of drug-likeness (QED) is 0.0209. The van der Waals surface area contributed by atoms with E-state index >= 15 is 0 Å². The van der Waals surface area contributed by atoms with E-state index in [-0.39, 0.29) is 0 Å². The molecule has 2 aliphatic rings. The summed E-state index contributed by atoms with van der Waals surface area (Å²) in [5.41, 5.74) is 0. The van der Waals surface area contributed by atoms with Crippen LogP contribution in [-0.2, 0) is 33.3 Å². The van der Waals surface area contributed by atoms with Gasteiger partial charge in [-0.1, -0.05) is 349 Å². The van der Waals surface area contributed by atoms with Crippen molar-refractivity contribution >= 4 is 11.9 Å². The SMILES string of the molecule is CCCCCCCCCCCCCCC[C@H](O)[C@H](CCCCCCCCCCCCCC)C(=O)OC[C@H]1O[C@H](O[C@H]2O[C@H](COC(=O)[C@@H](CCCCCCCCCCCCCC)[C@@H](O)CCCCCCCCCCCCCCC)[C@@H](O)[C@H](O)[C@H]2O)[C@H](O)[C@@H](O)[C@@H]1O. The highest BCUT2D eigenvalue weighted by Gasteiger charge is 2.50. The van der Waals surface area contributed by atoms with Gasteiger partial charge in [0.2, 0.25) is 0 Å². The fourth-order valence-electron chi connectivity index (χ4n) is 13.5. The number of unbranched alkanes of at least 4 members (excludes halogenated alkanes) is 46. The molecule has 8 N–H and O–H groups in total. The van der Waals surface area contributed by atoms with Crippen molar-refractivity contribution in [2.24, 2.45) is 11.8 Å². The molecular weight excluding hydrogens is 1150 g/mol. The summed E-state index contributed by atoms with van der Waals surface area (Å²) in [6.07, 6.45) is 41.7. The number of aliphatic hydroxyl groups excluding tert-OH is 8. The Bertz CT molecular complexity index is 1510. The highest BCUT2D eigenvalue weighted by Crippen LogP contribution is 2.31. The first-order chi connectivity index (χ1) is 44.3. The minimum atomic E-state index is -1.89. The van der Waals surface area contributed by atoms with Gasteiger partial charge in [-0.15, -0.1) is 0 Å². The Labute approximate surface area is 556 Å². The van der Waals surface area contributed by atoms with Crippen LogP contribution in [0.15, 0.2) is 0 Å². The highest BCUT2D eigenvalue weighted by atomic mass is 16.8. The molecule has 0 saturated carbocycles. The molecule has 0 unspecified atom stereocenters. The van der Waals surface area contributed by atoms with Crippen LogP contribution in [0.2, 0.25) is 0 Å². The Morgan fingerprint density at radius 1 is 0.286 bits per heavy atom. The molecule has 0 radical (unpaired) electrons. The second kappa shape index (κ2) is 58.6. The third-order valence-electron chi connectivity index (χ3n) is 19.9. The maximum absolute atomic E-state index is 14.0. The lowest BCUT2D eigenvalue weighted by molar-refractivity contribution is -0.376. The van der Waals surface area contributed by atoms with Crippen LogP contribution in [0.5, 0.6) is 0 Å². The average molecular weight is 1300 g/mol. The molecule has 15 heteroatoms. The van der Waals surface area contributed by atoms with E-state index in [2.05, 4.69) is 27.7 Å². The maximum atomic E-state index is 14.0. The molecule has 2 heterocycles. The second-order valence-electron chi connectivity index (χ2n) is 28.2. The van der Waals surface area contributed by atoms with E-state index in [0.717, 1.165) is 103 Å². The lowest BCUT2D eigenvalue weighted by atomic mass is 9.91. The number of hydrogen-bond donors (Lipinski definition) is 8. The molecule has 14 atom stereocenters. The molecule has 2 rings (SSSR count). The predicted molar refractivity (Wildman–Crippen MR) is 367 cm³/mol. The van der Waals surface area contributed by atoms with Crippen molar-refractivity contribution in [3.63, 3.8) is 0 Å². The molecule has 0 amide bonds. The van der Waals surface area contributed by atoms with E-state index in [0.29, 0.717) is 25.7 Å². The molecule has 91 heavy (non-hydrogen) atoms. The molecule has 540 valence electrons. The highest BCUT2D eigenvalue weighted by molar-refractivity contribution is 5.73. The normalized spacial score (nSPS) is 23.3. The Kier molecular flexibility index (Phi) is 55.1. The minimum absolute atomic E-state index is 0.429. The topological polar surface area (TPSA) is 242 Å². The van der Waals surface area contributed by atoms with Crippen molar-refractivity contribution in [2.75, 3.05) is 13.2 Å². The van der Waals surface area contributed by atoms with Crippen LogP contribution >= 0.6 is 0 Å². The number of ether oxygens (including phenoxy) is 5. The first-order valence-electron chi connectivity index (χ1n) is 39.1. The summed E-state index contributed by atoms with van der Waals surface area (Å²) in [5, 5.41) is 89.7. The number of carbonyl (C=O) groups is 2. The fraction of sp³-hybridized carbons (Fsp3) is 0.974. The van der Waals surface area contributed by atoms with Crippen LogP contribution in [0.3, 0.4) is 0 Å². The van der Waals surface area contributed by atoms with E-state index in [1.54, 1.807) is 0 Å². The number of rotatable bonds is 64. The summed E-state index contributed by atoms with van der Waals surface area (Å²) in [6, 6.07) is 0. The van der Waals surface area contributed by atoms with Gasteiger partial charge in [-0.3, -0.25) is 9.59 Å². The molecule has 2 fully saturated rings. The Balaban J connectivity index is 2.03. The Morgan fingerprint density at radius 3 is 0.703 bits per heavy atom. The Morgan fingerprint density at radius 2 is 0.484 bits per heavy atom. The lowest BCUT2D eigenvalue weighted by Gasteiger charge is -2.44. The molecule has 2 aliphatic heterocycles. The number of carbonyl (C=O) groups excluding carboxylic acids is 2. The van der Waals surface area contributed by atoms with Gasteiger partial charge in [-0.25, -0.2) is 0 Å². The summed E-state index contributed by atoms with van der Waals surface area (Å²) in [4.78, 5) is 27.9. The predicted octanol–water partition coefficient (Wildman–Crippen LogP) is 16.8. The number of esters is 2. The molecule has 2 saturated heterocycles. The van der Waals surface area contributed by atoms with Crippen LogP contribution in [0, 0.1) is 11.8 Å². The molecular formula is C76H146O15. The molecule has 0 spiro atoms. The molecule has 0 bridgehead atoms. The van der Waals surface area contributed by atoms with Crippen molar-refractivity contribution < 1.29 is 74.1 Å². The molecule has 15 nitrogen and oxygen atoms in total.